The van der Waals surface area contributed by atoms with Crippen molar-refractivity contribution in [3.63, 3.8) is 0 Å². The Morgan fingerprint density at radius 2 is 2.30 bits per heavy atom. The minimum absolute atomic E-state index is 0.235. The lowest BCUT2D eigenvalue weighted by atomic mass is 10.2. The van der Waals surface area contributed by atoms with Crippen molar-refractivity contribution in [2.24, 2.45) is 5.73 Å². The fourth-order valence-electron chi connectivity index (χ4n) is 1.70. The van der Waals surface area contributed by atoms with E-state index >= 15 is 0 Å². The molecule has 2 rings (SSSR count). The van der Waals surface area contributed by atoms with Crippen LogP contribution in [-0.2, 0) is 6.54 Å². The standard InChI is InChI=1S/C13H16FN5O/c14-11-4-1-3-10(7-11)8-19-9-12(17-18-19)13(20)16-6-2-5-15/h1,3-4,7,9H,2,5-6,8,15H2,(H,16,20). The molecule has 0 spiro atoms. The number of aromatic nitrogens is 3. The molecule has 0 aliphatic heterocycles. The molecule has 3 N–H and O–H groups in total. The smallest absolute Gasteiger partial charge is 0.273 e. The van der Waals surface area contributed by atoms with Gasteiger partial charge in [0.2, 0.25) is 0 Å². The van der Waals surface area contributed by atoms with Crippen molar-refractivity contribution in [2.45, 2.75) is 13.0 Å². The van der Waals surface area contributed by atoms with E-state index in [9.17, 15) is 9.18 Å². The van der Waals surface area contributed by atoms with E-state index in [0.717, 1.165) is 5.56 Å². The fraction of sp³-hybridized carbons (Fsp3) is 0.308. The molecule has 0 saturated carbocycles. The molecule has 0 radical (unpaired) electrons. The monoisotopic (exact) mass is 277 g/mol. The van der Waals surface area contributed by atoms with Crippen molar-refractivity contribution in [1.29, 1.82) is 0 Å². The van der Waals surface area contributed by atoms with Crippen molar-refractivity contribution >= 4 is 5.91 Å². The lowest BCUT2D eigenvalue weighted by Crippen LogP contribution is -2.26. The molecule has 1 amide bonds. The number of hydrogen-bond acceptors (Lipinski definition) is 4. The van der Waals surface area contributed by atoms with Crippen LogP contribution in [0.15, 0.2) is 30.5 Å². The molecule has 6 nitrogen and oxygen atoms in total. The van der Waals surface area contributed by atoms with Crippen LogP contribution in [0.2, 0.25) is 0 Å². The van der Waals surface area contributed by atoms with E-state index in [2.05, 4.69) is 15.6 Å². The van der Waals surface area contributed by atoms with E-state index in [0.29, 0.717) is 26.1 Å². The van der Waals surface area contributed by atoms with E-state index < -0.39 is 0 Å². The predicted octanol–water partition coefficient (Wildman–Crippen LogP) is 0.544. The second kappa shape index (κ2) is 6.76. The maximum absolute atomic E-state index is 13.1. The molecule has 0 unspecified atom stereocenters. The number of rotatable bonds is 6. The van der Waals surface area contributed by atoms with Crippen molar-refractivity contribution in [3.8, 4) is 0 Å². The largest absolute Gasteiger partial charge is 0.351 e. The Bertz CT molecular complexity index is 584. The Morgan fingerprint density at radius 3 is 3.05 bits per heavy atom. The third-order valence-corrected chi connectivity index (χ3v) is 2.67. The zero-order chi connectivity index (χ0) is 14.4. The maximum Gasteiger partial charge on any atom is 0.273 e. The van der Waals surface area contributed by atoms with Crippen LogP contribution in [0.4, 0.5) is 4.39 Å². The van der Waals surface area contributed by atoms with Gasteiger partial charge in [-0.25, -0.2) is 9.07 Å². The van der Waals surface area contributed by atoms with Gasteiger partial charge in [-0.15, -0.1) is 5.10 Å². The molecule has 0 fully saturated rings. The van der Waals surface area contributed by atoms with E-state index in [4.69, 9.17) is 5.73 Å². The molecule has 2 aromatic rings. The number of halogens is 1. The molecule has 0 bridgehead atoms. The van der Waals surface area contributed by atoms with Crippen molar-refractivity contribution < 1.29 is 9.18 Å². The van der Waals surface area contributed by atoms with Gasteiger partial charge >= 0.3 is 0 Å². The molecule has 0 aliphatic rings. The summed E-state index contributed by atoms with van der Waals surface area (Å²) in [7, 11) is 0. The van der Waals surface area contributed by atoms with Gasteiger partial charge in [0.1, 0.15) is 5.82 Å². The minimum atomic E-state index is -0.303. The predicted molar refractivity (Wildman–Crippen MR) is 71.5 cm³/mol. The molecule has 0 aliphatic carbocycles. The SMILES string of the molecule is NCCCNC(=O)c1cn(Cc2cccc(F)c2)nn1. The lowest BCUT2D eigenvalue weighted by Gasteiger charge is -2.01. The summed E-state index contributed by atoms with van der Waals surface area (Å²) in [4.78, 5) is 11.7. The van der Waals surface area contributed by atoms with E-state index in [-0.39, 0.29) is 17.4 Å². The summed E-state index contributed by atoms with van der Waals surface area (Å²) in [6.07, 6.45) is 2.24. The summed E-state index contributed by atoms with van der Waals surface area (Å²) in [5.74, 6) is -0.591. The Morgan fingerprint density at radius 1 is 1.45 bits per heavy atom. The number of nitrogens with two attached hydrogens (primary N) is 1. The zero-order valence-electron chi connectivity index (χ0n) is 10.9. The molecule has 20 heavy (non-hydrogen) atoms. The van der Waals surface area contributed by atoms with Gasteiger partial charge in [-0.1, -0.05) is 17.3 Å². The first-order chi connectivity index (χ1) is 9.69. The summed E-state index contributed by atoms with van der Waals surface area (Å²) >= 11 is 0. The van der Waals surface area contributed by atoms with Crippen molar-refractivity contribution in [2.75, 3.05) is 13.1 Å². The Labute approximate surface area is 115 Å². The quantitative estimate of drug-likeness (QED) is 0.755. The molecule has 0 atom stereocenters. The molecule has 1 aromatic heterocycles. The first-order valence-electron chi connectivity index (χ1n) is 6.32. The number of amides is 1. The topological polar surface area (TPSA) is 85.8 Å². The van der Waals surface area contributed by atoms with Gasteiger partial charge in [0.25, 0.3) is 5.91 Å². The van der Waals surface area contributed by atoms with Gasteiger partial charge in [-0.2, -0.15) is 0 Å². The molecule has 0 saturated heterocycles. The van der Waals surface area contributed by atoms with Gasteiger partial charge in [-0.3, -0.25) is 4.79 Å². The van der Waals surface area contributed by atoms with Gasteiger partial charge < -0.3 is 11.1 Å². The van der Waals surface area contributed by atoms with Crippen LogP contribution in [0, 0.1) is 5.82 Å². The third-order valence-electron chi connectivity index (χ3n) is 2.67. The number of carbonyl (C=O) groups is 1. The Kier molecular flexibility index (Phi) is 4.78. The van der Waals surface area contributed by atoms with Crippen LogP contribution in [0.3, 0.4) is 0 Å². The molecule has 106 valence electrons. The van der Waals surface area contributed by atoms with Gasteiger partial charge in [0, 0.05) is 6.54 Å². The highest BCUT2D eigenvalue weighted by molar-refractivity contribution is 5.91. The van der Waals surface area contributed by atoms with Crippen LogP contribution in [0.5, 0.6) is 0 Å². The maximum atomic E-state index is 13.1. The number of nitrogens with zero attached hydrogens (tertiary/aromatic N) is 3. The van der Waals surface area contributed by atoms with Crippen molar-refractivity contribution in [1.82, 2.24) is 20.3 Å². The number of carbonyl (C=O) groups excluding carboxylic acids is 1. The molecular weight excluding hydrogens is 261 g/mol. The van der Waals surface area contributed by atoms with Gasteiger partial charge in [0.15, 0.2) is 5.69 Å². The molecule has 7 heteroatoms. The average molecular weight is 277 g/mol. The lowest BCUT2D eigenvalue weighted by molar-refractivity contribution is 0.0948. The number of benzene rings is 1. The van der Waals surface area contributed by atoms with Crippen molar-refractivity contribution in [3.05, 3.63) is 47.5 Å². The van der Waals surface area contributed by atoms with E-state index in [1.54, 1.807) is 12.1 Å². The highest BCUT2D eigenvalue weighted by Crippen LogP contribution is 2.05. The molecule has 1 heterocycles. The summed E-state index contributed by atoms with van der Waals surface area (Å²) in [6.45, 7) is 1.39. The number of nitrogens with one attached hydrogen (secondary N) is 1. The van der Waals surface area contributed by atoms with E-state index in [1.807, 2.05) is 0 Å². The van der Waals surface area contributed by atoms with Crippen LogP contribution < -0.4 is 11.1 Å². The van der Waals surface area contributed by atoms with E-state index in [1.165, 1.54) is 23.0 Å². The van der Waals surface area contributed by atoms with Crippen LogP contribution in [0.1, 0.15) is 22.5 Å². The van der Waals surface area contributed by atoms with Crippen LogP contribution in [-0.4, -0.2) is 34.0 Å². The second-order valence-electron chi connectivity index (χ2n) is 4.33. The third kappa shape index (κ3) is 3.86. The first kappa shape index (κ1) is 14.1. The molecular formula is C13H16FN5O. The van der Waals surface area contributed by atoms with Crippen LogP contribution >= 0.6 is 0 Å². The Balaban J connectivity index is 1.96. The van der Waals surface area contributed by atoms with Gasteiger partial charge in [-0.05, 0) is 30.7 Å². The molecule has 1 aromatic carbocycles. The highest BCUT2D eigenvalue weighted by atomic mass is 19.1. The summed E-state index contributed by atoms with van der Waals surface area (Å²) in [5, 5.41) is 10.3. The summed E-state index contributed by atoms with van der Waals surface area (Å²) in [5.41, 5.74) is 6.33. The minimum Gasteiger partial charge on any atom is -0.351 e. The van der Waals surface area contributed by atoms with Crippen LogP contribution in [0.25, 0.3) is 0 Å². The zero-order valence-corrected chi connectivity index (χ0v) is 10.9. The Hall–Kier alpha value is -2.28. The fourth-order valence-corrected chi connectivity index (χ4v) is 1.70. The summed E-state index contributed by atoms with van der Waals surface area (Å²) < 4.78 is 14.5. The number of hydrogen-bond donors (Lipinski definition) is 2. The van der Waals surface area contributed by atoms with Gasteiger partial charge in [0.05, 0.1) is 12.7 Å². The average Bonchev–Trinajstić information content (AvgIpc) is 2.87. The first-order valence-corrected chi connectivity index (χ1v) is 6.32. The normalized spacial score (nSPS) is 10.5. The second-order valence-corrected chi connectivity index (χ2v) is 4.33. The highest BCUT2D eigenvalue weighted by Gasteiger charge is 2.10. The summed E-state index contributed by atoms with van der Waals surface area (Å²) in [6, 6.07) is 6.21.